The number of anilines is 1. The normalized spacial score (nSPS) is 11.1. The summed E-state index contributed by atoms with van der Waals surface area (Å²) in [5.74, 6) is 0.684. The third-order valence-electron chi connectivity index (χ3n) is 4.59. The number of aryl methyl sites for hydroxylation is 2. The molecule has 3 aromatic heterocycles. The van der Waals surface area contributed by atoms with Crippen molar-refractivity contribution in [1.82, 2.24) is 19.9 Å². The first kappa shape index (κ1) is 18.3. The molecule has 0 saturated carbocycles. The van der Waals surface area contributed by atoms with E-state index in [-0.39, 0.29) is 11.6 Å². The van der Waals surface area contributed by atoms with E-state index in [1.807, 2.05) is 56.3 Å². The van der Waals surface area contributed by atoms with E-state index in [1.165, 1.54) is 16.9 Å². The lowest BCUT2D eigenvalue weighted by Gasteiger charge is -2.04. The number of nitrogens with zero attached hydrogens (tertiary/aromatic N) is 4. The number of aromatic nitrogens is 4. The fourth-order valence-electron chi connectivity index (χ4n) is 3.15. The summed E-state index contributed by atoms with van der Waals surface area (Å²) in [6.07, 6.45) is 0. The van der Waals surface area contributed by atoms with Gasteiger partial charge in [0.25, 0.3) is 5.91 Å². The molecule has 0 spiro atoms. The van der Waals surface area contributed by atoms with Crippen LogP contribution in [0.5, 0.6) is 0 Å². The van der Waals surface area contributed by atoms with Gasteiger partial charge in [0.05, 0.1) is 15.9 Å². The Morgan fingerprint density at radius 3 is 2.73 bits per heavy atom. The second-order valence-corrected chi connectivity index (χ2v) is 7.96. The lowest BCUT2D eigenvalue weighted by atomic mass is 10.1. The van der Waals surface area contributed by atoms with E-state index in [0.29, 0.717) is 16.7 Å². The number of nitrogens with one attached hydrogen (secondary N) is 1. The lowest BCUT2D eigenvalue weighted by molar-refractivity contribution is 0.101. The highest BCUT2D eigenvalue weighted by molar-refractivity contribution is 7.20. The van der Waals surface area contributed by atoms with Crippen molar-refractivity contribution in [1.29, 1.82) is 0 Å². The van der Waals surface area contributed by atoms with Gasteiger partial charge in [-0.2, -0.15) is 9.78 Å². The van der Waals surface area contributed by atoms with Crippen LogP contribution in [0.2, 0.25) is 0 Å². The van der Waals surface area contributed by atoms with Gasteiger partial charge in [0.1, 0.15) is 5.82 Å². The minimum Gasteiger partial charge on any atom is -0.355 e. The number of thiazole rings is 1. The van der Waals surface area contributed by atoms with Crippen molar-refractivity contribution in [3.05, 3.63) is 77.6 Å². The molecular formula is C22H17N5O2S. The summed E-state index contributed by atoms with van der Waals surface area (Å²) in [6, 6.07) is 19.0. The van der Waals surface area contributed by atoms with Gasteiger partial charge in [-0.05, 0) is 31.5 Å². The third-order valence-corrected chi connectivity index (χ3v) is 5.58. The molecule has 1 amide bonds. The molecule has 0 aliphatic heterocycles. The van der Waals surface area contributed by atoms with Crippen LogP contribution in [0.15, 0.2) is 65.2 Å². The van der Waals surface area contributed by atoms with E-state index in [2.05, 4.69) is 26.6 Å². The van der Waals surface area contributed by atoms with E-state index in [9.17, 15) is 4.79 Å². The number of hydrogen-bond acceptors (Lipinski definition) is 6. The van der Waals surface area contributed by atoms with Gasteiger partial charge in [0.2, 0.25) is 5.13 Å². The molecule has 0 radical (unpaired) electrons. The Morgan fingerprint density at radius 1 is 1.07 bits per heavy atom. The minimum absolute atomic E-state index is 0.194. The Labute approximate surface area is 176 Å². The zero-order chi connectivity index (χ0) is 20.7. The van der Waals surface area contributed by atoms with Crippen LogP contribution in [0.3, 0.4) is 0 Å². The third kappa shape index (κ3) is 3.37. The molecule has 0 atom stereocenters. The second-order valence-electron chi connectivity index (χ2n) is 6.95. The minimum atomic E-state index is -0.376. The van der Waals surface area contributed by atoms with Gasteiger partial charge in [-0.3, -0.25) is 4.79 Å². The number of rotatable bonds is 4. The molecule has 1 N–H and O–H groups in total. The molecule has 5 rings (SSSR count). The molecule has 2 aromatic carbocycles. The quantitative estimate of drug-likeness (QED) is 0.446. The molecule has 0 aliphatic rings. The van der Waals surface area contributed by atoms with Gasteiger partial charge < -0.3 is 9.84 Å². The molecule has 7 nitrogen and oxygen atoms in total. The maximum absolute atomic E-state index is 12.8. The SMILES string of the molecule is Cc1ccc2nc(-n3nc(C)cc3NC(=O)c3cc(-c4ccccc4)on3)sc2c1. The molecular weight excluding hydrogens is 398 g/mol. The van der Waals surface area contributed by atoms with Crippen LogP contribution in [0, 0.1) is 13.8 Å². The molecule has 8 heteroatoms. The van der Waals surface area contributed by atoms with Gasteiger partial charge >= 0.3 is 0 Å². The standard InChI is InChI=1S/C22H17N5O2S/c1-13-8-9-16-19(10-13)30-22(23-16)27-20(11-14(2)25-27)24-21(28)17-12-18(29-26-17)15-6-4-3-5-7-15/h3-12H,1-2H3,(H,24,28). The summed E-state index contributed by atoms with van der Waals surface area (Å²) in [5.41, 5.74) is 3.89. The summed E-state index contributed by atoms with van der Waals surface area (Å²) in [6.45, 7) is 3.91. The average molecular weight is 415 g/mol. The predicted octanol–water partition coefficient (Wildman–Crippen LogP) is 5.01. The molecule has 3 heterocycles. The van der Waals surface area contributed by atoms with E-state index in [4.69, 9.17) is 4.52 Å². The van der Waals surface area contributed by atoms with Gasteiger partial charge in [0, 0.05) is 17.7 Å². The van der Waals surface area contributed by atoms with Crippen molar-refractivity contribution in [3.8, 4) is 16.5 Å². The first-order valence-electron chi connectivity index (χ1n) is 9.34. The molecule has 0 bridgehead atoms. The summed E-state index contributed by atoms with van der Waals surface area (Å²) < 4.78 is 8.05. The van der Waals surface area contributed by atoms with Crippen LogP contribution >= 0.6 is 11.3 Å². The molecule has 0 aliphatic carbocycles. The Morgan fingerprint density at radius 2 is 1.90 bits per heavy atom. The number of carbonyl (C=O) groups excluding carboxylic acids is 1. The fraction of sp³-hybridized carbons (Fsp3) is 0.0909. The van der Waals surface area contributed by atoms with Crippen LogP contribution in [0.1, 0.15) is 21.7 Å². The Balaban J connectivity index is 1.44. The summed E-state index contributed by atoms with van der Waals surface area (Å²) in [5, 5.41) is 12.0. The van der Waals surface area contributed by atoms with E-state index < -0.39 is 0 Å². The Kier molecular flexibility index (Phi) is 4.40. The number of fused-ring (bicyclic) bond motifs is 1. The molecule has 5 aromatic rings. The van der Waals surface area contributed by atoms with Crippen molar-refractivity contribution in [3.63, 3.8) is 0 Å². The molecule has 0 fully saturated rings. The highest BCUT2D eigenvalue weighted by atomic mass is 32.1. The van der Waals surface area contributed by atoms with Gasteiger partial charge in [-0.15, -0.1) is 0 Å². The smallest absolute Gasteiger partial charge is 0.279 e. The molecule has 30 heavy (non-hydrogen) atoms. The number of amides is 1. The predicted molar refractivity (Wildman–Crippen MR) is 116 cm³/mol. The fourth-order valence-corrected chi connectivity index (χ4v) is 4.18. The summed E-state index contributed by atoms with van der Waals surface area (Å²) in [4.78, 5) is 17.4. The molecule has 148 valence electrons. The van der Waals surface area contributed by atoms with Gasteiger partial charge in [-0.1, -0.05) is 52.9 Å². The van der Waals surface area contributed by atoms with Crippen LogP contribution in [0.4, 0.5) is 5.82 Å². The van der Waals surface area contributed by atoms with Crippen LogP contribution in [-0.4, -0.2) is 25.8 Å². The Bertz CT molecular complexity index is 1370. The maximum Gasteiger partial charge on any atom is 0.279 e. The van der Waals surface area contributed by atoms with Crippen molar-refractivity contribution in [2.45, 2.75) is 13.8 Å². The summed E-state index contributed by atoms with van der Waals surface area (Å²) in [7, 11) is 0. The van der Waals surface area contributed by atoms with Gasteiger partial charge in [0.15, 0.2) is 11.5 Å². The zero-order valence-corrected chi connectivity index (χ0v) is 17.1. The van der Waals surface area contributed by atoms with Crippen molar-refractivity contribution in [2.75, 3.05) is 5.32 Å². The highest BCUT2D eigenvalue weighted by Gasteiger charge is 2.18. The van der Waals surface area contributed by atoms with Crippen LogP contribution in [-0.2, 0) is 0 Å². The lowest BCUT2D eigenvalue weighted by Crippen LogP contribution is -2.15. The number of hydrogen-bond donors (Lipinski definition) is 1. The van der Waals surface area contributed by atoms with Gasteiger partial charge in [-0.25, -0.2) is 4.98 Å². The zero-order valence-electron chi connectivity index (χ0n) is 16.3. The summed E-state index contributed by atoms with van der Waals surface area (Å²) >= 11 is 1.52. The first-order chi connectivity index (χ1) is 14.6. The number of benzene rings is 2. The van der Waals surface area contributed by atoms with E-state index in [1.54, 1.807) is 16.8 Å². The maximum atomic E-state index is 12.8. The average Bonchev–Trinajstić information content (AvgIpc) is 3.46. The van der Waals surface area contributed by atoms with E-state index >= 15 is 0 Å². The van der Waals surface area contributed by atoms with Crippen LogP contribution in [0.25, 0.3) is 26.7 Å². The van der Waals surface area contributed by atoms with Crippen molar-refractivity contribution >= 4 is 33.3 Å². The molecule has 0 unspecified atom stereocenters. The first-order valence-corrected chi connectivity index (χ1v) is 10.2. The van der Waals surface area contributed by atoms with E-state index in [0.717, 1.165) is 21.5 Å². The van der Waals surface area contributed by atoms with Crippen molar-refractivity contribution < 1.29 is 9.32 Å². The monoisotopic (exact) mass is 415 g/mol. The molecule has 0 saturated heterocycles. The largest absolute Gasteiger partial charge is 0.355 e. The second kappa shape index (κ2) is 7.23. The number of carbonyl (C=O) groups is 1. The highest BCUT2D eigenvalue weighted by Crippen LogP contribution is 2.28. The van der Waals surface area contributed by atoms with Crippen molar-refractivity contribution in [2.24, 2.45) is 0 Å². The van der Waals surface area contributed by atoms with Crippen LogP contribution < -0.4 is 5.32 Å². The topological polar surface area (TPSA) is 85.8 Å². The Hall–Kier alpha value is -3.78.